The van der Waals surface area contributed by atoms with Crippen LogP contribution in [0.3, 0.4) is 0 Å². The fourth-order valence-electron chi connectivity index (χ4n) is 4.90. The number of aliphatic hydroxyl groups excluding tert-OH is 1. The third kappa shape index (κ3) is 31.3. The molecule has 2 aliphatic heterocycles. The predicted octanol–water partition coefficient (Wildman–Crippen LogP) is 5.54. The zero-order chi connectivity index (χ0) is 46.1. The molecule has 3 heterocycles. The fourth-order valence-corrected chi connectivity index (χ4v) is 5.60. The van der Waals surface area contributed by atoms with Crippen LogP contribution in [-0.4, -0.2) is 113 Å². The average Bonchev–Trinajstić information content (AvgIpc) is 3.52. The summed E-state index contributed by atoms with van der Waals surface area (Å²) in [4.78, 5) is 45.9. The summed E-state index contributed by atoms with van der Waals surface area (Å²) in [7, 11) is -2.17. The van der Waals surface area contributed by atoms with Gasteiger partial charge in [0.1, 0.15) is 11.2 Å². The lowest BCUT2D eigenvalue weighted by Crippen LogP contribution is -2.48. The Bertz CT molecular complexity index is 1470. The van der Waals surface area contributed by atoms with Crippen LogP contribution >= 0.6 is 11.3 Å². The molecule has 0 unspecified atom stereocenters. The Labute approximate surface area is 362 Å². The molecule has 0 bridgehead atoms. The van der Waals surface area contributed by atoms with E-state index in [0.717, 1.165) is 11.2 Å². The summed E-state index contributed by atoms with van der Waals surface area (Å²) in [6, 6.07) is 3.74. The van der Waals surface area contributed by atoms with Crippen LogP contribution in [0.1, 0.15) is 99.8 Å². The predicted molar refractivity (Wildman–Crippen MR) is 236 cm³/mol. The third-order valence-electron chi connectivity index (χ3n) is 7.12. The maximum absolute atomic E-state index is 11.9. The molecule has 0 spiro atoms. The number of carbonyl (C=O) groups excluding carboxylic acids is 3. The van der Waals surface area contributed by atoms with Crippen molar-refractivity contribution >= 4 is 56.5 Å². The lowest BCUT2D eigenvalue weighted by molar-refractivity contribution is -0.157. The van der Waals surface area contributed by atoms with Crippen molar-refractivity contribution < 1.29 is 67.5 Å². The van der Waals surface area contributed by atoms with Crippen molar-refractivity contribution in [3.63, 3.8) is 0 Å². The van der Waals surface area contributed by atoms with Crippen molar-refractivity contribution in [3.8, 4) is 0 Å². The van der Waals surface area contributed by atoms with E-state index in [-0.39, 0.29) is 63.0 Å². The smallest absolute Gasteiger partial charge is 0.478 e. The Kier molecular flexibility index (Phi) is 27.9. The van der Waals surface area contributed by atoms with E-state index in [9.17, 15) is 29.2 Å². The van der Waals surface area contributed by atoms with Crippen molar-refractivity contribution in [2.75, 3.05) is 0 Å². The number of aliphatic hydroxyl groups is 1. The quantitative estimate of drug-likeness (QED) is 0.0784. The van der Waals surface area contributed by atoms with Crippen LogP contribution < -0.4 is 5.32 Å². The molecule has 0 aliphatic carbocycles. The molecular weight excluding hydrogens is 795 g/mol. The number of amides is 1. The summed E-state index contributed by atoms with van der Waals surface area (Å²) in [6.07, 6.45) is 10.3. The molecule has 2 aliphatic rings. The number of rotatable bonds is 16. The van der Waals surface area contributed by atoms with Gasteiger partial charge in [-0.15, -0.1) is 24.5 Å². The molecule has 0 aromatic carbocycles. The number of carbonyl (C=O) groups is 4. The van der Waals surface area contributed by atoms with Gasteiger partial charge >= 0.3 is 39.3 Å². The van der Waals surface area contributed by atoms with Crippen molar-refractivity contribution in [2.24, 2.45) is 0 Å². The lowest BCUT2D eigenvalue weighted by Gasteiger charge is -2.23. The van der Waals surface area contributed by atoms with Gasteiger partial charge in [0.15, 0.2) is 0 Å². The number of carboxylic acid groups (broad SMARTS) is 1. The van der Waals surface area contributed by atoms with Gasteiger partial charge in [-0.05, 0) is 87.1 Å². The standard InChI is InChI=1S/C13H16BNO5S.C10H17BO4.C9H19BO2.C9H16O3/c16-12(8-10-4-2-6-21-10)15-11-5-1-3-9(7-13(17)18)20-14(11)19;1-10(2,3)14-9(12)7-8-5-4-6-11(13)15-8;1-6-7-10(11-8(2)3)12-9(4)5;1-5-7(10)6-8(11)12-9(2,3)4/h1-4,6,9,11,19H,5,7-8H2,(H,15,16)(H,17,18);4-5,8,13H,6-7H2,1-3H3;6,8-9H,1,7H2,2-5H3;5,7,10H,1,6H2,2-4H3/t9-,11-;8-;;7-/m00.0/s1. The highest BCUT2D eigenvalue weighted by Crippen LogP contribution is 2.16. The van der Waals surface area contributed by atoms with E-state index in [1.54, 1.807) is 39.0 Å². The Balaban J connectivity index is 0.000000800. The first kappa shape index (κ1) is 56.5. The highest BCUT2D eigenvalue weighted by molar-refractivity contribution is 7.10. The summed E-state index contributed by atoms with van der Waals surface area (Å²) < 4.78 is 31.5. The van der Waals surface area contributed by atoms with Gasteiger partial charge in [0.2, 0.25) is 5.91 Å². The Morgan fingerprint density at radius 2 is 1.50 bits per heavy atom. The van der Waals surface area contributed by atoms with Crippen molar-refractivity contribution in [3.05, 3.63) is 72.0 Å². The summed E-state index contributed by atoms with van der Waals surface area (Å²) in [6.45, 7) is 25.8. The maximum atomic E-state index is 11.9. The van der Waals surface area contributed by atoms with Gasteiger partial charge in [-0.25, -0.2) is 0 Å². The van der Waals surface area contributed by atoms with Crippen LogP contribution in [0.15, 0.2) is 67.1 Å². The average molecular weight is 863 g/mol. The van der Waals surface area contributed by atoms with Crippen molar-refractivity contribution in [1.29, 1.82) is 0 Å². The molecule has 0 radical (unpaired) electrons. The molecule has 1 aromatic heterocycles. The molecule has 1 aromatic rings. The Morgan fingerprint density at radius 3 is 1.98 bits per heavy atom. The summed E-state index contributed by atoms with van der Waals surface area (Å²) in [5.74, 6) is -2.50. The topological polar surface area (TPSA) is 217 Å². The largest absolute Gasteiger partial charge is 0.481 e. The number of hydrogen-bond acceptors (Lipinski definition) is 14. The molecule has 0 saturated heterocycles. The molecule has 0 fully saturated rings. The molecule has 3 rings (SSSR count). The second-order valence-corrected chi connectivity index (χ2v) is 17.3. The van der Waals surface area contributed by atoms with Crippen LogP contribution in [0.25, 0.3) is 0 Å². The van der Waals surface area contributed by atoms with Gasteiger partial charge in [-0.2, -0.15) is 0 Å². The van der Waals surface area contributed by atoms with Gasteiger partial charge in [0.25, 0.3) is 0 Å². The van der Waals surface area contributed by atoms with Crippen LogP contribution in [0.2, 0.25) is 12.6 Å². The van der Waals surface area contributed by atoms with Gasteiger partial charge < -0.3 is 53.7 Å². The van der Waals surface area contributed by atoms with Crippen LogP contribution in [0, 0.1) is 0 Å². The lowest BCUT2D eigenvalue weighted by atomic mass is 9.77. The van der Waals surface area contributed by atoms with E-state index in [1.165, 1.54) is 17.4 Å². The van der Waals surface area contributed by atoms with Crippen molar-refractivity contribution in [1.82, 2.24) is 5.32 Å². The minimum atomic E-state index is -1.23. The molecule has 1 amide bonds. The number of carboxylic acids is 1. The second-order valence-electron chi connectivity index (χ2n) is 16.3. The van der Waals surface area contributed by atoms with E-state index in [0.29, 0.717) is 12.7 Å². The first-order valence-corrected chi connectivity index (χ1v) is 20.9. The Morgan fingerprint density at radius 1 is 0.933 bits per heavy atom. The maximum Gasteiger partial charge on any atom is 0.478 e. The number of ether oxygens (including phenoxy) is 2. The van der Waals surface area contributed by atoms with E-state index in [2.05, 4.69) is 18.5 Å². The molecular formula is C41H68B3NO14S. The van der Waals surface area contributed by atoms with Crippen LogP contribution in [-0.2, 0) is 53.7 Å². The third-order valence-corrected chi connectivity index (χ3v) is 8.00. The van der Waals surface area contributed by atoms with E-state index in [1.807, 2.05) is 78.1 Å². The van der Waals surface area contributed by atoms with E-state index in [4.69, 9.17) is 38.3 Å². The molecule has 60 heavy (non-hydrogen) atoms. The highest BCUT2D eigenvalue weighted by atomic mass is 32.1. The summed E-state index contributed by atoms with van der Waals surface area (Å²) in [5, 5.41) is 41.5. The minimum Gasteiger partial charge on any atom is -0.481 e. The van der Waals surface area contributed by atoms with Crippen LogP contribution in [0.4, 0.5) is 0 Å². The summed E-state index contributed by atoms with van der Waals surface area (Å²) in [5.41, 5.74) is -0.966. The second kappa shape index (κ2) is 29.7. The number of thiophene rings is 1. The number of nitrogens with one attached hydrogen (secondary N) is 1. The first-order chi connectivity index (χ1) is 27.8. The Hall–Kier alpha value is -3.55. The highest BCUT2D eigenvalue weighted by Gasteiger charge is 2.32. The van der Waals surface area contributed by atoms with Gasteiger partial charge in [-0.3, -0.25) is 19.2 Å². The van der Waals surface area contributed by atoms with Crippen LogP contribution in [0.5, 0.6) is 0 Å². The van der Waals surface area contributed by atoms with E-state index >= 15 is 0 Å². The van der Waals surface area contributed by atoms with Gasteiger partial charge in [0.05, 0.1) is 49.9 Å². The molecule has 5 N–H and O–H groups in total. The minimum absolute atomic E-state index is 0.0270. The van der Waals surface area contributed by atoms with E-state index < -0.39 is 55.5 Å². The number of esters is 2. The number of hydrogen-bond donors (Lipinski definition) is 5. The SMILES string of the molecule is C=CCB(OC(C)C)OC(C)C.C=C[C@H](O)CC(=O)OC(C)(C)C.CC(C)(C)OC(=O)C[C@@H]1C=CCB(O)O1.O=C(O)C[C@@H]1C=CC[C@H](NC(=O)Cc2cccs2)B(O)O1. The molecule has 19 heteroatoms. The monoisotopic (exact) mass is 863 g/mol. The van der Waals surface area contributed by atoms with Gasteiger partial charge in [0, 0.05) is 29.7 Å². The zero-order valence-electron chi connectivity index (χ0n) is 37.0. The van der Waals surface area contributed by atoms with Gasteiger partial charge in [-0.1, -0.05) is 42.5 Å². The van der Waals surface area contributed by atoms with Crippen molar-refractivity contribution in [2.45, 2.75) is 162 Å². The molecule has 336 valence electrons. The molecule has 4 atom stereocenters. The zero-order valence-corrected chi connectivity index (χ0v) is 37.9. The first-order valence-electron chi connectivity index (χ1n) is 20.0. The number of aliphatic carboxylic acids is 1. The molecule has 0 saturated carbocycles. The number of allylic oxidation sites excluding steroid dienone is 2. The normalized spacial score (nSPS) is 17.9. The summed E-state index contributed by atoms with van der Waals surface area (Å²) >= 11 is 1.49. The molecule has 15 nitrogen and oxygen atoms in total. The fraction of sp³-hybridized carbons (Fsp3) is 0.610.